The number of hydrogen-bond acceptors (Lipinski definition) is 5. The zero-order valence-electron chi connectivity index (χ0n) is 9.92. The van der Waals surface area contributed by atoms with Crippen molar-refractivity contribution in [2.75, 3.05) is 5.32 Å². The third kappa shape index (κ3) is 3.15. The van der Waals surface area contributed by atoms with E-state index in [1.54, 1.807) is 24.7 Å². The number of nitrogens with one attached hydrogen (secondary N) is 1. The van der Waals surface area contributed by atoms with E-state index in [-0.39, 0.29) is 11.4 Å². The van der Waals surface area contributed by atoms with Crippen LogP contribution in [-0.2, 0) is 6.54 Å². The van der Waals surface area contributed by atoms with Crippen LogP contribution in [0.2, 0.25) is 0 Å². The van der Waals surface area contributed by atoms with Gasteiger partial charge in [0.1, 0.15) is 11.6 Å². The Morgan fingerprint density at radius 3 is 2.89 bits per heavy atom. The van der Waals surface area contributed by atoms with E-state index in [9.17, 15) is 4.39 Å². The largest absolute Gasteiger partial charge is 0.409 e. The number of benzene rings is 1. The van der Waals surface area contributed by atoms with Gasteiger partial charge in [0, 0.05) is 18.9 Å². The van der Waals surface area contributed by atoms with Gasteiger partial charge < -0.3 is 16.3 Å². The maximum absolute atomic E-state index is 13.7. The molecule has 4 N–H and O–H groups in total. The third-order valence-electron chi connectivity index (χ3n) is 2.45. The summed E-state index contributed by atoms with van der Waals surface area (Å²) in [4.78, 5) is 7.94. The van der Waals surface area contributed by atoms with Crippen LogP contribution >= 0.6 is 0 Å². The van der Waals surface area contributed by atoms with Crippen molar-refractivity contribution >= 4 is 11.7 Å². The highest BCUT2D eigenvalue weighted by atomic mass is 19.1. The van der Waals surface area contributed by atoms with Gasteiger partial charge in [0.2, 0.25) is 0 Å². The van der Waals surface area contributed by atoms with Crippen molar-refractivity contribution in [2.24, 2.45) is 10.9 Å². The van der Waals surface area contributed by atoms with E-state index in [4.69, 9.17) is 10.9 Å². The van der Waals surface area contributed by atoms with Gasteiger partial charge in [-0.3, -0.25) is 4.98 Å². The molecule has 0 unspecified atom stereocenters. The first-order valence-electron chi connectivity index (χ1n) is 5.47. The number of amidine groups is 1. The normalized spacial score (nSPS) is 11.3. The van der Waals surface area contributed by atoms with Gasteiger partial charge in [-0.2, -0.15) is 0 Å². The number of anilines is 1. The first kappa shape index (κ1) is 12.7. The highest BCUT2D eigenvalue weighted by molar-refractivity contribution is 5.97. The molecule has 1 heterocycles. The van der Waals surface area contributed by atoms with Crippen molar-refractivity contribution in [3.8, 4) is 0 Å². The van der Waals surface area contributed by atoms with Crippen molar-refractivity contribution in [3.05, 3.63) is 53.7 Å². The average Bonchev–Trinajstić information content (AvgIpc) is 2.45. The lowest BCUT2D eigenvalue weighted by Gasteiger charge is -2.07. The minimum atomic E-state index is -0.547. The van der Waals surface area contributed by atoms with Gasteiger partial charge >= 0.3 is 0 Å². The van der Waals surface area contributed by atoms with Crippen molar-refractivity contribution in [2.45, 2.75) is 6.54 Å². The van der Waals surface area contributed by atoms with E-state index in [2.05, 4.69) is 20.4 Å². The van der Waals surface area contributed by atoms with Gasteiger partial charge in [-0.25, -0.2) is 9.37 Å². The molecule has 0 aliphatic carbocycles. The molecule has 7 heteroatoms. The highest BCUT2D eigenvalue weighted by Gasteiger charge is 2.07. The van der Waals surface area contributed by atoms with Crippen LogP contribution in [0.25, 0.3) is 0 Å². The molecule has 19 heavy (non-hydrogen) atoms. The summed E-state index contributed by atoms with van der Waals surface area (Å²) in [5.41, 5.74) is 6.10. The summed E-state index contributed by atoms with van der Waals surface area (Å²) in [6.07, 6.45) is 4.70. The Kier molecular flexibility index (Phi) is 3.87. The van der Waals surface area contributed by atoms with Crippen LogP contribution in [0.1, 0.15) is 11.1 Å². The lowest BCUT2D eigenvalue weighted by Crippen LogP contribution is -2.15. The molecule has 0 saturated heterocycles. The summed E-state index contributed by atoms with van der Waals surface area (Å²) >= 11 is 0. The maximum Gasteiger partial charge on any atom is 0.173 e. The van der Waals surface area contributed by atoms with Crippen LogP contribution in [0, 0.1) is 5.82 Å². The minimum absolute atomic E-state index is 0.0609. The fourth-order valence-corrected chi connectivity index (χ4v) is 1.51. The van der Waals surface area contributed by atoms with Crippen molar-refractivity contribution in [1.82, 2.24) is 9.97 Å². The fraction of sp³-hybridized carbons (Fsp3) is 0.0833. The Balaban J connectivity index is 2.09. The van der Waals surface area contributed by atoms with E-state index < -0.39 is 5.82 Å². The number of nitrogens with two attached hydrogens (primary N) is 1. The predicted molar refractivity (Wildman–Crippen MR) is 68.3 cm³/mol. The second kappa shape index (κ2) is 5.76. The zero-order valence-corrected chi connectivity index (χ0v) is 9.92. The molecule has 0 spiro atoms. The molecule has 1 aromatic heterocycles. The van der Waals surface area contributed by atoms with Crippen molar-refractivity contribution < 1.29 is 9.60 Å². The van der Waals surface area contributed by atoms with E-state index in [0.717, 1.165) is 0 Å². The molecule has 2 aromatic rings. The molecular formula is C12H12FN5O. The first-order valence-corrected chi connectivity index (χ1v) is 5.47. The molecule has 0 bridgehead atoms. The lowest BCUT2D eigenvalue weighted by molar-refractivity contribution is 0.318. The van der Waals surface area contributed by atoms with Gasteiger partial charge in [0.15, 0.2) is 5.84 Å². The summed E-state index contributed by atoms with van der Waals surface area (Å²) in [6.45, 7) is 0.395. The number of nitrogens with zero attached hydrogens (tertiary/aromatic N) is 3. The topological polar surface area (TPSA) is 96.4 Å². The number of halogens is 1. The Bertz CT molecular complexity index is 588. The Morgan fingerprint density at radius 2 is 2.26 bits per heavy atom. The highest BCUT2D eigenvalue weighted by Crippen LogP contribution is 2.11. The summed E-state index contributed by atoms with van der Waals surface area (Å²) in [7, 11) is 0. The molecule has 0 fully saturated rings. The van der Waals surface area contributed by atoms with E-state index in [0.29, 0.717) is 17.9 Å². The van der Waals surface area contributed by atoms with Gasteiger partial charge in [0.05, 0.1) is 11.8 Å². The van der Waals surface area contributed by atoms with Crippen LogP contribution in [0.5, 0.6) is 0 Å². The number of aromatic nitrogens is 2. The third-order valence-corrected chi connectivity index (χ3v) is 2.45. The maximum atomic E-state index is 13.7. The van der Waals surface area contributed by atoms with Crippen LogP contribution in [0.3, 0.4) is 0 Å². The van der Waals surface area contributed by atoms with Gasteiger partial charge in [0.25, 0.3) is 0 Å². The van der Waals surface area contributed by atoms with Crippen molar-refractivity contribution in [3.63, 3.8) is 0 Å². The average molecular weight is 261 g/mol. The molecular weight excluding hydrogens is 249 g/mol. The van der Waals surface area contributed by atoms with Gasteiger partial charge in [-0.05, 0) is 17.7 Å². The molecule has 0 amide bonds. The zero-order chi connectivity index (χ0) is 13.7. The quantitative estimate of drug-likeness (QED) is 0.334. The van der Waals surface area contributed by atoms with Crippen LogP contribution in [-0.4, -0.2) is 21.0 Å². The summed E-state index contributed by atoms with van der Waals surface area (Å²) in [5, 5.41) is 14.3. The molecule has 0 atom stereocenters. The molecule has 6 nitrogen and oxygen atoms in total. The second-order valence-electron chi connectivity index (χ2n) is 3.74. The SMILES string of the molecule is NC(=NO)c1ccc(CNc2cnccn2)cc1F. The minimum Gasteiger partial charge on any atom is -0.409 e. The number of hydrogen-bond donors (Lipinski definition) is 3. The van der Waals surface area contributed by atoms with E-state index >= 15 is 0 Å². The molecule has 0 radical (unpaired) electrons. The van der Waals surface area contributed by atoms with Crippen LogP contribution < -0.4 is 11.1 Å². The first-order chi connectivity index (χ1) is 9.20. The standard InChI is InChI=1S/C12H12FN5O/c13-10-5-8(1-2-9(10)12(14)18-19)6-17-11-7-15-3-4-16-11/h1-5,7,19H,6H2,(H2,14,18)(H,16,17). The summed E-state index contributed by atoms with van der Waals surface area (Å²) in [6, 6.07) is 4.45. The summed E-state index contributed by atoms with van der Waals surface area (Å²) < 4.78 is 13.7. The molecule has 2 rings (SSSR count). The molecule has 0 aliphatic rings. The Hall–Kier alpha value is -2.70. The smallest absolute Gasteiger partial charge is 0.173 e. The molecule has 0 aliphatic heterocycles. The fourth-order valence-electron chi connectivity index (χ4n) is 1.51. The Morgan fingerprint density at radius 1 is 1.42 bits per heavy atom. The predicted octanol–water partition coefficient (Wildman–Crippen LogP) is 1.32. The summed E-state index contributed by atoms with van der Waals surface area (Å²) in [5.74, 6) is -0.205. The van der Waals surface area contributed by atoms with E-state index in [1.807, 2.05) is 0 Å². The molecule has 0 saturated carbocycles. The molecule has 1 aromatic carbocycles. The van der Waals surface area contributed by atoms with Crippen LogP contribution in [0.4, 0.5) is 10.2 Å². The second-order valence-corrected chi connectivity index (χ2v) is 3.74. The van der Waals surface area contributed by atoms with Gasteiger partial charge in [-0.1, -0.05) is 11.2 Å². The lowest BCUT2D eigenvalue weighted by atomic mass is 10.1. The van der Waals surface area contributed by atoms with Crippen molar-refractivity contribution in [1.29, 1.82) is 0 Å². The van der Waals surface area contributed by atoms with Gasteiger partial charge in [-0.15, -0.1) is 0 Å². The molecule has 98 valence electrons. The number of rotatable bonds is 4. The monoisotopic (exact) mass is 261 g/mol. The number of oxime groups is 1. The van der Waals surface area contributed by atoms with E-state index in [1.165, 1.54) is 12.1 Å². The van der Waals surface area contributed by atoms with Crippen LogP contribution in [0.15, 0.2) is 41.9 Å². The Labute approximate surface area is 108 Å².